The Morgan fingerprint density at radius 3 is 2.72 bits per heavy atom. The van der Waals surface area contributed by atoms with Crippen molar-refractivity contribution >= 4 is 6.09 Å². The zero-order chi connectivity index (χ0) is 20.4. The van der Waals surface area contributed by atoms with Gasteiger partial charge >= 0.3 is 6.09 Å². The summed E-state index contributed by atoms with van der Waals surface area (Å²) in [6, 6.07) is 9.42. The Kier molecular flexibility index (Phi) is 4.69. The molecule has 4 rings (SSSR count). The van der Waals surface area contributed by atoms with E-state index < -0.39 is 23.6 Å². The second-order valence-corrected chi connectivity index (χ2v) is 5.82. The number of hydrogen-bond acceptors (Lipinski definition) is 7. The third kappa shape index (κ3) is 3.78. The molecule has 4 aromatic rings. The quantitative estimate of drug-likeness (QED) is 0.548. The molecule has 0 aliphatic carbocycles. The van der Waals surface area contributed by atoms with Crippen molar-refractivity contribution in [3.8, 4) is 28.8 Å². The summed E-state index contributed by atoms with van der Waals surface area (Å²) in [5.74, 6) is -2.02. The van der Waals surface area contributed by atoms with E-state index in [2.05, 4.69) is 25.0 Å². The van der Waals surface area contributed by atoms with Crippen LogP contribution in [0.4, 0.5) is 13.6 Å². The molecular weight excluding hydrogens is 386 g/mol. The summed E-state index contributed by atoms with van der Waals surface area (Å²) >= 11 is 0. The van der Waals surface area contributed by atoms with Crippen LogP contribution in [0.3, 0.4) is 0 Å². The Bertz CT molecular complexity index is 1180. The number of halogens is 2. The zero-order valence-corrected chi connectivity index (χ0v) is 14.6. The molecule has 146 valence electrons. The molecule has 11 heteroatoms. The SMILES string of the molecule is NC(=O)Oc1nc(-c2cc(-c3ccon3)n(Cc3ccccc3F)n2)ncc1F. The molecule has 0 bridgehead atoms. The first-order chi connectivity index (χ1) is 14.0. The molecule has 2 N–H and O–H groups in total. The number of aromatic nitrogens is 5. The van der Waals surface area contributed by atoms with Crippen LogP contribution in [-0.4, -0.2) is 31.0 Å². The monoisotopic (exact) mass is 398 g/mol. The summed E-state index contributed by atoms with van der Waals surface area (Å²) in [7, 11) is 0. The number of carbonyl (C=O) groups is 1. The van der Waals surface area contributed by atoms with Crippen molar-refractivity contribution in [2.24, 2.45) is 5.73 Å². The summed E-state index contributed by atoms with van der Waals surface area (Å²) in [5.41, 5.74) is 6.45. The van der Waals surface area contributed by atoms with Crippen molar-refractivity contribution < 1.29 is 22.8 Å². The third-order valence-electron chi connectivity index (χ3n) is 3.90. The fraction of sp³-hybridized carbons (Fsp3) is 0.0556. The summed E-state index contributed by atoms with van der Waals surface area (Å²) in [4.78, 5) is 18.6. The van der Waals surface area contributed by atoms with E-state index in [1.807, 2.05) is 0 Å². The molecule has 9 nitrogen and oxygen atoms in total. The average molecular weight is 398 g/mol. The van der Waals surface area contributed by atoms with Gasteiger partial charge in [0.2, 0.25) is 5.82 Å². The predicted octanol–water partition coefficient (Wildman–Crippen LogP) is 2.78. The smallest absolute Gasteiger partial charge is 0.388 e. The van der Waals surface area contributed by atoms with Crippen LogP contribution in [0, 0.1) is 11.6 Å². The Labute approximate surface area is 161 Å². The van der Waals surface area contributed by atoms with Gasteiger partial charge < -0.3 is 15.0 Å². The van der Waals surface area contributed by atoms with E-state index in [0.717, 1.165) is 6.20 Å². The molecule has 0 atom stereocenters. The number of amides is 1. The van der Waals surface area contributed by atoms with Gasteiger partial charge in [-0.25, -0.2) is 14.2 Å². The first-order valence-electron chi connectivity index (χ1n) is 8.23. The molecule has 0 aliphatic heterocycles. The predicted molar refractivity (Wildman–Crippen MR) is 94.4 cm³/mol. The van der Waals surface area contributed by atoms with Gasteiger partial charge in [-0.15, -0.1) is 0 Å². The molecule has 0 spiro atoms. The molecular formula is C18H12F2N6O3. The van der Waals surface area contributed by atoms with E-state index in [9.17, 15) is 13.6 Å². The van der Waals surface area contributed by atoms with Gasteiger partial charge in [-0.05, 0) is 12.1 Å². The molecule has 29 heavy (non-hydrogen) atoms. The lowest BCUT2D eigenvalue weighted by molar-refractivity contribution is 0.206. The number of nitrogens with two attached hydrogens (primary N) is 1. The van der Waals surface area contributed by atoms with Crippen molar-refractivity contribution in [3.63, 3.8) is 0 Å². The van der Waals surface area contributed by atoms with Gasteiger partial charge in [-0.3, -0.25) is 4.68 Å². The van der Waals surface area contributed by atoms with Gasteiger partial charge in [0.1, 0.15) is 23.5 Å². The molecule has 0 aliphatic rings. The highest BCUT2D eigenvalue weighted by Gasteiger charge is 2.19. The first kappa shape index (κ1) is 18.2. The topological polar surface area (TPSA) is 122 Å². The van der Waals surface area contributed by atoms with Crippen molar-refractivity contribution in [3.05, 3.63) is 66.1 Å². The van der Waals surface area contributed by atoms with Crippen LogP contribution in [-0.2, 0) is 6.54 Å². The minimum Gasteiger partial charge on any atom is -0.388 e. The lowest BCUT2D eigenvalue weighted by atomic mass is 10.2. The number of primary amides is 1. The number of benzene rings is 1. The van der Waals surface area contributed by atoms with Crippen molar-refractivity contribution in [1.29, 1.82) is 0 Å². The number of rotatable bonds is 5. The molecule has 1 aromatic carbocycles. The second kappa shape index (κ2) is 7.46. The summed E-state index contributed by atoms with van der Waals surface area (Å²) in [6.45, 7) is 0.0840. The number of ether oxygens (including phenoxy) is 1. The summed E-state index contributed by atoms with van der Waals surface area (Å²) < 4.78 is 38.7. The summed E-state index contributed by atoms with van der Waals surface area (Å²) in [5, 5.41) is 8.24. The van der Waals surface area contributed by atoms with E-state index in [-0.39, 0.29) is 18.1 Å². The van der Waals surface area contributed by atoms with E-state index in [0.29, 0.717) is 17.0 Å². The number of nitrogens with zero attached hydrogens (tertiary/aromatic N) is 5. The maximum absolute atomic E-state index is 14.1. The zero-order valence-electron chi connectivity index (χ0n) is 14.6. The van der Waals surface area contributed by atoms with E-state index >= 15 is 0 Å². The second-order valence-electron chi connectivity index (χ2n) is 5.82. The molecule has 0 unspecified atom stereocenters. The Morgan fingerprint density at radius 2 is 2.00 bits per heavy atom. The minimum atomic E-state index is -1.22. The highest BCUT2D eigenvalue weighted by Crippen LogP contribution is 2.26. The maximum Gasteiger partial charge on any atom is 0.411 e. The van der Waals surface area contributed by atoms with Gasteiger partial charge in [-0.1, -0.05) is 23.4 Å². The van der Waals surface area contributed by atoms with Crippen LogP contribution in [0.1, 0.15) is 5.56 Å². The van der Waals surface area contributed by atoms with Crippen LogP contribution in [0.2, 0.25) is 0 Å². The van der Waals surface area contributed by atoms with Crippen LogP contribution in [0.15, 0.2) is 53.4 Å². The van der Waals surface area contributed by atoms with Crippen LogP contribution in [0.5, 0.6) is 5.88 Å². The minimum absolute atomic E-state index is 0.0281. The van der Waals surface area contributed by atoms with Gasteiger partial charge in [0, 0.05) is 11.6 Å². The molecule has 0 radical (unpaired) electrons. The Balaban J connectivity index is 1.78. The van der Waals surface area contributed by atoms with Crippen LogP contribution < -0.4 is 10.5 Å². The van der Waals surface area contributed by atoms with Crippen LogP contribution in [0.25, 0.3) is 22.9 Å². The lowest BCUT2D eigenvalue weighted by Gasteiger charge is -2.06. The van der Waals surface area contributed by atoms with Gasteiger partial charge in [0.05, 0.1) is 18.4 Å². The Hall–Kier alpha value is -4.15. The van der Waals surface area contributed by atoms with Crippen molar-refractivity contribution in [1.82, 2.24) is 24.9 Å². The van der Waals surface area contributed by atoms with Crippen LogP contribution >= 0.6 is 0 Å². The highest BCUT2D eigenvalue weighted by atomic mass is 19.1. The molecule has 0 fully saturated rings. The molecule has 0 saturated carbocycles. The fourth-order valence-electron chi connectivity index (χ4n) is 2.63. The van der Waals surface area contributed by atoms with E-state index in [1.165, 1.54) is 17.0 Å². The lowest BCUT2D eigenvalue weighted by Crippen LogP contribution is -2.18. The summed E-state index contributed by atoms with van der Waals surface area (Å²) in [6.07, 6.45) is 0.983. The van der Waals surface area contributed by atoms with Gasteiger partial charge in [0.25, 0.3) is 5.88 Å². The van der Waals surface area contributed by atoms with E-state index in [4.69, 9.17) is 10.3 Å². The Morgan fingerprint density at radius 1 is 1.17 bits per heavy atom. The van der Waals surface area contributed by atoms with Crippen molar-refractivity contribution in [2.75, 3.05) is 0 Å². The first-order valence-corrected chi connectivity index (χ1v) is 8.23. The molecule has 3 heterocycles. The average Bonchev–Trinajstić information content (AvgIpc) is 3.35. The maximum atomic E-state index is 14.1. The standard InChI is InChI=1S/C18H12F2N6O3/c19-11-4-2-1-3-10(11)9-26-15(13-5-6-28-25-13)7-14(24-26)16-22-8-12(20)17(23-16)29-18(21)27/h1-8H,9H2,(H2,21,27). The largest absolute Gasteiger partial charge is 0.411 e. The normalized spacial score (nSPS) is 10.8. The number of hydrogen-bond donors (Lipinski definition) is 1. The highest BCUT2D eigenvalue weighted by molar-refractivity contribution is 5.68. The fourth-order valence-corrected chi connectivity index (χ4v) is 2.63. The van der Waals surface area contributed by atoms with E-state index in [1.54, 1.807) is 30.3 Å². The van der Waals surface area contributed by atoms with Gasteiger partial charge in [-0.2, -0.15) is 14.5 Å². The molecule has 1 amide bonds. The number of carbonyl (C=O) groups excluding carboxylic acids is 1. The van der Waals surface area contributed by atoms with Gasteiger partial charge in [0.15, 0.2) is 5.82 Å². The molecule has 3 aromatic heterocycles. The third-order valence-corrected chi connectivity index (χ3v) is 3.90. The van der Waals surface area contributed by atoms with Crippen molar-refractivity contribution in [2.45, 2.75) is 6.54 Å². The molecule has 0 saturated heterocycles.